The van der Waals surface area contributed by atoms with Gasteiger partial charge in [-0.1, -0.05) is 437 Å². The van der Waals surface area contributed by atoms with Crippen LogP contribution in [-0.2, 0) is 4.79 Å². The zero-order chi connectivity index (χ0) is 62.2. The summed E-state index contributed by atoms with van der Waals surface area (Å²) in [6.45, 7) is 4.13. The lowest BCUT2D eigenvalue weighted by Crippen LogP contribution is -2.53. The average Bonchev–Trinajstić information content (AvgIpc) is 3.73. The van der Waals surface area contributed by atoms with E-state index in [9.17, 15) is 25.2 Å². The van der Waals surface area contributed by atoms with Crippen molar-refractivity contribution >= 4 is 5.91 Å². The number of aliphatic hydroxyl groups excluding tert-OH is 4. The van der Waals surface area contributed by atoms with E-state index in [4.69, 9.17) is 0 Å². The first kappa shape index (κ1) is 85.0. The van der Waals surface area contributed by atoms with Crippen molar-refractivity contribution in [2.24, 2.45) is 0 Å². The van der Waals surface area contributed by atoms with Crippen LogP contribution in [0.3, 0.4) is 0 Å². The SMILES string of the molecule is CCCCCCCCCCCCCCCCCCCC/C=C\CCCCCCCCCCCCCCCCCCC(O)C(=O)NC(CO)C(O)C(O)CCCCCCCCCCCCCCCCCCCCCCCCCCCCCCCCCC. The van der Waals surface area contributed by atoms with E-state index in [0.717, 1.165) is 38.5 Å². The highest BCUT2D eigenvalue weighted by Crippen LogP contribution is 2.21. The summed E-state index contributed by atoms with van der Waals surface area (Å²) in [5.74, 6) is -0.573. The van der Waals surface area contributed by atoms with E-state index in [-0.39, 0.29) is 0 Å². The van der Waals surface area contributed by atoms with Crippen LogP contribution in [0.1, 0.15) is 463 Å². The van der Waals surface area contributed by atoms with Gasteiger partial charge in [-0.15, -0.1) is 0 Å². The standard InChI is InChI=1S/C80H159NO5/c1-3-5-7-9-11-13-15-17-19-21-23-25-27-29-31-33-35-37-38-39-40-41-42-44-46-48-50-52-54-56-58-60-62-64-66-68-70-72-74-78(84)80(86)81-76(75-82)79(85)77(83)73-71-69-67-65-63-61-59-57-55-53-51-49-47-45-43-36-34-32-30-28-26-24-22-20-18-16-14-12-10-8-6-4-2/h39-40,76-79,82-85H,3-38,41-75H2,1-2H3,(H,81,86)/b40-39-. The molecule has 6 heteroatoms. The molecule has 0 radical (unpaired) electrons. The van der Waals surface area contributed by atoms with Crippen molar-refractivity contribution in [2.45, 2.75) is 488 Å². The van der Waals surface area contributed by atoms with Crippen molar-refractivity contribution in [1.82, 2.24) is 5.32 Å². The van der Waals surface area contributed by atoms with Crippen molar-refractivity contribution in [3.8, 4) is 0 Å². The Morgan fingerprint density at radius 3 is 0.674 bits per heavy atom. The molecule has 0 aromatic carbocycles. The first-order chi connectivity index (χ1) is 42.5. The maximum atomic E-state index is 12.7. The van der Waals surface area contributed by atoms with E-state index in [1.807, 2.05) is 0 Å². The van der Waals surface area contributed by atoms with Crippen molar-refractivity contribution in [3.05, 3.63) is 12.2 Å². The largest absolute Gasteiger partial charge is 0.394 e. The van der Waals surface area contributed by atoms with Crippen molar-refractivity contribution in [3.63, 3.8) is 0 Å². The van der Waals surface area contributed by atoms with Gasteiger partial charge in [0.05, 0.1) is 18.8 Å². The Labute approximate surface area is 540 Å². The summed E-state index contributed by atoms with van der Waals surface area (Å²) in [7, 11) is 0. The Balaban J connectivity index is 3.48. The highest BCUT2D eigenvalue weighted by molar-refractivity contribution is 5.80. The lowest BCUT2D eigenvalue weighted by Gasteiger charge is -2.27. The summed E-state index contributed by atoms with van der Waals surface area (Å²) in [6, 6.07) is -0.985. The molecular weight excluding hydrogens is 1050 g/mol. The number of rotatable bonds is 76. The molecule has 0 aliphatic heterocycles. The van der Waals surface area contributed by atoms with Crippen LogP contribution in [0, 0.1) is 0 Å². The van der Waals surface area contributed by atoms with Crippen LogP contribution in [-0.4, -0.2) is 57.3 Å². The fourth-order valence-electron chi connectivity index (χ4n) is 13.3. The maximum absolute atomic E-state index is 12.7. The molecule has 0 saturated carbocycles. The molecule has 0 spiro atoms. The molecule has 0 heterocycles. The van der Waals surface area contributed by atoms with Crippen molar-refractivity contribution < 1.29 is 25.2 Å². The number of unbranched alkanes of at least 4 members (excludes halogenated alkanes) is 65. The molecule has 0 aliphatic rings. The molecule has 0 fully saturated rings. The molecule has 5 N–H and O–H groups in total. The first-order valence-electron chi connectivity index (χ1n) is 40.1. The number of aliphatic hydroxyl groups is 4. The lowest BCUT2D eigenvalue weighted by atomic mass is 9.99. The number of carbonyl (C=O) groups excluding carboxylic acids is 1. The van der Waals surface area contributed by atoms with Crippen LogP contribution in [0.2, 0.25) is 0 Å². The van der Waals surface area contributed by atoms with Gasteiger partial charge in [-0.3, -0.25) is 4.79 Å². The highest BCUT2D eigenvalue weighted by Gasteiger charge is 2.29. The van der Waals surface area contributed by atoms with E-state index < -0.39 is 36.9 Å². The minimum atomic E-state index is -1.26. The van der Waals surface area contributed by atoms with Crippen LogP contribution in [0.25, 0.3) is 0 Å². The molecule has 0 aromatic heterocycles. The quantitative estimate of drug-likeness (QED) is 0.0308. The van der Waals surface area contributed by atoms with Crippen LogP contribution in [0.15, 0.2) is 12.2 Å². The minimum Gasteiger partial charge on any atom is -0.394 e. The van der Waals surface area contributed by atoms with Gasteiger partial charge in [-0.2, -0.15) is 0 Å². The fourth-order valence-corrected chi connectivity index (χ4v) is 13.3. The van der Waals surface area contributed by atoms with E-state index >= 15 is 0 Å². The zero-order valence-corrected chi connectivity index (χ0v) is 58.9. The normalized spacial score (nSPS) is 13.3. The van der Waals surface area contributed by atoms with Crippen molar-refractivity contribution in [2.75, 3.05) is 6.61 Å². The number of nitrogens with one attached hydrogen (secondary N) is 1. The molecule has 4 atom stereocenters. The van der Waals surface area contributed by atoms with E-state index in [1.165, 1.54) is 398 Å². The molecule has 0 bridgehead atoms. The second-order valence-electron chi connectivity index (χ2n) is 28.1. The second kappa shape index (κ2) is 74.8. The molecule has 0 rings (SSSR count). The van der Waals surface area contributed by atoms with E-state index in [1.54, 1.807) is 0 Å². The highest BCUT2D eigenvalue weighted by atomic mass is 16.3. The number of hydrogen-bond acceptors (Lipinski definition) is 5. The van der Waals surface area contributed by atoms with Gasteiger partial charge >= 0.3 is 0 Å². The Kier molecular flexibility index (Phi) is 73.9. The van der Waals surface area contributed by atoms with Gasteiger partial charge in [0.2, 0.25) is 5.91 Å². The van der Waals surface area contributed by atoms with E-state index in [2.05, 4.69) is 31.3 Å². The van der Waals surface area contributed by atoms with Crippen LogP contribution < -0.4 is 5.32 Å². The Hall–Kier alpha value is -0.950. The Morgan fingerprint density at radius 2 is 0.465 bits per heavy atom. The summed E-state index contributed by atoms with van der Waals surface area (Å²) < 4.78 is 0. The third-order valence-corrected chi connectivity index (χ3v) is 19.5. The van der Waals surface area contributed by atoms with Crippen LogP contribution in [0.4, 0.5) is 0 Å². The molecule has 0 aromatic rings. The minimum absolute atomic E-state index is 0.374. The van der Waals surface area contributed by atoms with Crippen LogP contribution >= 0.6 is 0 Å². The predicted molar refractivity (Wildman–Crippen MR) is 381 cm³/mol. The average molecular weight is 1220 g/mol. The van der Waals surface area contributed by atoms with Crippen molar-refractivity contribution in [1.29, 1.82) is 0 Å². The van der Waals surface area contributed by atoms with Gasteiger partial charge in [0.15, 0.2) is 0 Å². The first-order valence-corrected chi connectivity index (χ1v) is 40.1. The summed E-state index contributed by atoms with van der Waals surface area (Å²) in [4.78, 5) is 12.7. The smallest absolute Gasteiger partial charge is 0.249 e. The molecular formula is C80H159NO5. The lowest BCUT2D eigenvalue weighted by molar-refractivity contribution is -0.132. The summed E-state index contributed by atoms with van der Waals surface area (Å²) in [5, 5.41) is 44.4. The number of hydrogen-bond donors (Lipinski definition) is 5. The molecule has 1 amide bonds. The number of allylic oxidation sites excluding steroid dienone is 2. The van der Waals surface area contributed by atoms with Gasteiger partial charge in [-0.05, 0) is 38.5 Å². The monoisotopic (exact) mass is 1210 g/mol. The molecule has 86 heavy (non-hydrogen) atoms. The molecule has 6 nitrogen and oxygen atoms in total. The maximum Gasteiger partial charge on any atom is 0.249 e. The second-order valence-corrected chi connectivity index (χ2v) is 28.1. The van der Waals surface area contributed by atoms with E-state index in [0.29, 0.717) is 12.8 Å². The molecule has 4 unspecified atom stereocenters. The zero-order valence-electron chi connectivity index (χ0n) is 58.9. The number of amides is 1. The van der Waals surface area contributed by atoms with Gasteiger partial charge in [0.25, 0.3) is 0 Å². The molecule has 0 aliphatic carbocycles. The Bertz CT molecular complexity index is 1280. The summed E-state index contributed by atoms with van der Waals surface area (Å²) in [6.07, 6.45) is 95.3. The van der Waals surface area contributed by atoms with Gasteiger partial charge in [0.1, 0.15) is 12.2 Å². The fraction of sp³-hybridized carbons (Fsp3) is 0.963. The van der Waals surface area contributed by atoms with Gasteiger partial charge in [-0.25, -0.2) is 0 Å². The topological polar surface area (TPSA) is 110 Å². The van der Waals surface area contributed by atoms with Gasteiger partial charge in [0, 0.05) is 0 Å². The predicted octanol–water partition coefficient (Wildman–Crippen LogP) is 25.4. The molecule has 514 valence electrons. The van der Waals surface area contributed by atoms with Gasteiger partial charge < -0.3 is 25.7 Å². The number of carbonyl (C=O) groups is 1. The molecule has 0 saturated heterocycles. The summed E-state index contributed by atoms with van der Waals surface area (Å²) in [5.41, 5.74) is 0. The van der Waals surface area contributed by atoms with Crippen LogP contribution in [0.5, 0.6) is 0 Å². The third kappa shape index (κ3) is 67.4. The third-order valence-electron chi connectivity index (χ3n) is 19.5. The summed E-state index contributed by atoms with van der Waals surface area (Å²) >= 11 is 0. The Morgan fingerprint density at radius 1 is 0.279 bits per heavy atom.